The molecule has 2 aromatic carbocycles. The van der Waals surface area contributed by atoms with Crippen molar-refractivity contribution in [3.8, 4) is 11.5 Å². The predicted octanol–water partition coefficient (Wildman–Crippen LogP) is 6.77. The maximum absolute atomic E-state index is 15.5. The lowest BCUT2D eigenvalue weighted by Gasteiger charge is -2.29. The lowest BCUT2D eigenvalue weighted by Crippen LogP contribution is -2.44. The number of hydrogen-bond acceptors (Lipinski definition) is 10. The second-order valence-electron chi connectivity index (χ2n) is 12.4. The van der Waals surface area contributed by atoms with Crippen molar-refractivity contribution in [3.05, 3.63) is 58.3 Å². The molecule has 0 spiro atoms. The minimum atomic E-state index is -4.60. The van der Waals surface area contributed by atoms with Crippen molar-refractivity contribution in [3.63, 3.8) is 0 Å². The maximum atomic E-state index is 15.5. The standard InChI is InChI=1S/C32H41ClF3N5O6S2/c1-31(2,3)47-30(42)40-13-6-7-22(40)18-37-11-10-32(35,36)20-39-26-17-25(34)28(16-24(26)33)49(43,44)41(29-38-12-14-48-29)19-21-8-9-23(45-4)15-27(21)46-5/h8-9,12,14-17,22,37,39H,6-7,10-11,13,18-20H2,1-5H3/t22-/m0/s1. The van der Waals surface area contributed by atoms with Gasteiger partial charge >= 0.3 is 6.09 Å². The molecular weight excluding hydrogens is 707 g/mol. The van der Waals surface area contributed by atoms with Crippen LogP contribution in [0.15, 0.2) is 46.8 Å². The van der Waals surface area contributed by atoms with Gasteiger partial charge in [0.05, 0.1) is 38.0 Å². The number of ether oxygens (including phenoxy) is 3. The van der Waals surface area contributed by atoms with Gasteiger partial charge in [-0.2, -0.15) is 0 Å². The van der Waals surface area contributed by atoms with Crippen molar-refractivity contribution < 1.29 is 40.6 Å². The van der Waals surface area contributed by atoms with Crippen molar-refractivity contribution in [1.29, 1.82) is 0 Å². The van der Waals surface area contributed by atoms with E-state index in [1.54, 1.807) is 49.3 Å². The molecule has 17 heteroatoms. The number of thiazole rings is 1. The van der Waals surface area contributed by atoms with Crippen molar-refractivity contribution >= 4 is 49.9 Å². The molecule has 0 radical (unpaired) electrons. The third-order valence-electron chi connectivity index (χ3n) is 7.62. The lowest BCUT2D eigenvalue weighted by molar-refractivity contribution is 0.00579. The molecule has 1 atom stereocenters. The van der Waals surface area contributed by atoms with Crippen molar-refractivity contribution in [1.82, 2.24) is 15.2 Å². The number of nitrogens with one attached hydrogen (secondary N) is 2. The van der Waals surface area contributed by atoms with Gasteiger partial charge in [-0.15, -0.1) is 11.3 Å². The highest BCUT2D eigenvalue weighted by atomic mass is 35.5. The summed E-state index contributed by atoms with van der Waals surface area (Å²) in [5.74, 6) is -3.59. The number of halogens is 4. The molecule has 0 aliphatic carbocycles. The summed E-state index contributed by atoms with van der Waals surface area (Å²) in [6, 6.07) is 6.34. The van der Waals surface area contributed by atoms with Crippen LogP contribution >= 0.6 is 22.9 Å². The van der Waals surface area contributed by atoms with E-state index in [0.717, 1.165) is 40.6 Å². The summed E-state index contributed by atoms with van der Waals surface area (Å²) in [7, 11) is -1.70. The Kier molecular flexibility index (Phi) is 12.5. The van der Waals surface area contributed by atoms with Crippen LogP contribution in [0.3, 0.4) is 0 Å². The van der Waals surface area contributed by atoms with Crippen LogP contribution in [-0.4, -0.2) is 82.4 Å². The Hall–Kier alpha value is -3.47. The topological polar surface area (TPSA) is 122 Å². The van der Waals surface area contributed by atoms with E-state index in [0.29, 0.717) is 30.2 Å². The number of alkyl halides is 2. The van der Waals surface area contributed by atoms with Gasteiger partial charge in [0, 0.05) is 55.3 Å². The van der Waals surface area contributed by atoms with E-state index in [9.17, 15) is 22.0 Å². The molecule has 1 fully saturated rings. The van der Waals surface area contributed by atoms with Crippen molar-refractivity contribution in [2.75, 3.05) is 50.0 Å². The predicted molar refractivity (Wildman–Crippen MR) is 183 cm³/mol. The van der Waals surface area contributed by atoms with E-state index in [-0.39, 0.29) is 35.0 Å². The van der Waals surface area contributed by atoms with Crippen LogP contribution in [0.1, 0.15) is 45.6 Å². The van der Waals surface area contributed by atoms with E-state index in [4.69, 9.17) is 25.8 Å². The lowest BCUT2D eigenvalue weighted by atomic mass is 10.2. The Morgan fingerprint density at radius 2 is 1.94 bits per heavy atom. The summed E-state index contributed by atoms with van der Waals surface area (Å²) < 4.78 is 89.9. The van der Waals surface area contributed by atoms with E-state index < -0.39 is 51.3 Å². The molecular formula is C32H41ClF3N5O6S2. The second-order valence-corrected chi connectivity index (χ2v) is 15.5. The minimum absolute atomic E-state index is 0.0435. The fourth-order valence-electron chi connectivity index (χ4n) is 5.17. The number of likely N-dealkylation sites (tertiary alicyclic amines) is 1. The fourth-order valence-corrected chi connectivity index (χ4v) is 7.81. The summed E-state index contributed by atoms with van der Waals surface area (Å²) in [6.45, 7) is 5.03. The smallest absolute Gasteiger partial charge is 0.410 e. The highest BCUT2D eigenvalue weighted by Crippen LogP contribution is 2.36. The van der Waals surface area contributed by atoms with Gasteiger partial charge in [-0.1, -0.05) is 11.6 Å². The summed E-state index contributed by atoms with van der Waals surface area (Å²) in [6.07, 6.45) is 1.96. The molecule has 1 aliphatic rings. The number of rotatable bonds is 15. The normalized spacial score (nSPS) is 15.3. The van der Waals surface area contributed by atoms with Crippen LogP contribution < -0.4 is 24.4 Å². The summed E-state index contributed by atoms with van der Waals surface area (Å²) in [5, 5.41) is 6.82. The van der Waals surface area contributed by atoms with Gasteiger partial charge in [-0.25, -0.2) is 35.7 Å². The number of carbonyl (C=O) groups is 1. The Labute approximate surface area is 293 Å². The Bertz CT molecular complexity index is 1690. The zero-order chi connectivity index (χ0) is 36.0. The molecule has 0 bridgehead atoms. The van der Waals surface area contributed by atoms with Crippen LogP contribution in [-0.2, 0) is 21.3 Å². The number of carbonyl (C=O) groups excluding carboxylic acids is 1. The first kappa shape index (κ1) is 38.3. The van der Waals surface area contributed by atoms with Crippen molar-refractivity contribution in [2.24, 2.45) is 0 Å². The quantitative estimate of drug-likeness (QED) is 0.162. The Balaban J connectivity index is 1.40. The number of hydrogen-bond donors (Lipinski definition) is 2. The van der Waals surface area contributed by atoms with Crippen LogP contribution in [0, 0.1) is 5.82 Å². The zero-order valence-corrected chi connectivity index (χ0v) is 30.3. The SMILES string of the molecule is COc1ccc(CN(c2nccs2)S(=O)(=O)c2cc(Cl)c(NCC(F)(F)CCNC[C@@H]3CCCN3C(=O)OC(C)(C)C)cc2F)c(OC)c1. The first-order valence-electron chi connectivity index (χ1n) is 15.5. The molecule has 1 saturated heterocycles. The van der Waals surface area contributed by atoms with Crippen LogP contribution in [0.5, 0.6) is 11.5 Å². The molecule has 2 heterocycles. The number of amides is 1. The number of sulfonamides is 1. The van der Waals surface area contributed by atoms with E-state index in [1.165, 1.54) is 20.4 Å². The minimum Gasteiger partial charge on any atom is -0.497 e. The first-order valence-corrected chi connectivity index (χ1v) is 18.2. The van der Waals surface area contributed by atoms with E-state index in [2.05, 4.69) is 15.6 Å². The third-order valence-corrected chi connectivity index (χ3v) is 10.6. The highest BCUT2D eigenvalue weighted by Gasteiger charge is 2.34. The van der Waals surface area contributed by atoms with Crippen molar-refractivity contribution in [2.45, 2.75) is 69.0 Å². The number of anilines is 2. The maximum Gasteiger partial charge on any atom is 0.410 e. The molecule has 270 valence electrons. The number of nitrogens with zero attached hydrogens (tertiary/aromatic N) is 3. The number of methoxy groups -OCH3 is 2. The largest absolute Gasteiger partial charge is 0.497 e. The molecule has 2 N–H and O–H groups in total. The van der Waals surface area contributed by atoms with Crippen LogP contribution in [0.4, 0.5) is 28.8 Å². The Morgan fingerprint density at radius 3 is 2.59 bits per heavy atom. The molecule has 0 saturated carbocycles. The summed E-state index contributed by atoms with van der Waals surface area (Å²) in [4.78, 5) is 17.5. The van der Waals surface area contributed by atoms with Gasteiger partial charge in [0.1, 0.15) is 27.8 Å². The second kappa shape index (κ2) is 16.0. The van der Waals surface area contributed by atoms with Gasteiger partial charge in [-0.05, 0) is 57.9 Å². The van der Waals surface area contributed by atoms with Gasteiger partial charge in [0.25, 0.3) is 15.9 Å². The average molecular weight is 748 g/mol. The van der Waals surface area contributed by atoms with Gasteiger partial charge in [0.2, 0.25) is 0 Å². The molecule has 4 rings (SSSR count). The summed E-state index contributed by atoms with van der Waals surface area (Å²) in [5.41, 5.74) is -0.379. The molecule has 49 heavy (non-hydrogen) atoms. The first-order chi connectivity index (χ1) is 23.0. The average Bonchev–Trinajstić information content (AvgIpc) is 3.74. The van der Waals surface area contributed by atoms with E-state index >= 15 is 4.39 Å². The summed E-state index contributed by atoms with van der Waals surface area (Å²) >= 11 is 7.35. The molecule has 1 amide bonds. The van der Waals surface area contributed by atoms with Crippen LogP contribution in [0.25, 0.3) is 0 Å². The van der Waals surface area contributed by atoms with Gasteiger partial charge in [-0.3, -0.25) is 0 Å². The molecule has 0 unspecified atom stereocenters. The van der Waals surface area contributed by atoms with Gasteiger partial charge < -0.3 is 29.7 Å². The monoisotopic (exact) mass is 747 g/mol. The molecule has 1 aromatic heterocycles. The highest BCUT2D eigenvalue weighted by molar-refractivity contribution is 7.93. The van der Waals surface area contributed by atoms with Gasteiger partial charge in [0.15, 0.2) is 5.13 Å². The number of aromatic nitrogens is 1. The number of benzene rings is 2. The third kappa shape index (κ3) is 10.0. The molecule has 11 nitrogen and oxygen atoms in total. The Morgan fingerprint density at radius 1 is 1.18 bits per heavy atom. The zero-order valence-electron chi connectivity index (χ0n) is 27.9. The molecule has 1 aliphatic heterocycles. The van der Waals surface area contributed by atoms with E-state index in [1.807, 2.05) is 0 Å². The van der Waals surface area contributed by atoms with Crippen LogP contribution in [0.2, 0.25) is 5.02 Å². The molecule has 3 aromatic rings. The fraction of sp³-hybridized carbons (Fsp3) is 0.500.